The second-order valence-corrected chi connectivity index (χ2v) is 7.90. The molecule has 2 aliphatic rings. The van der Waals surface area contributed by atoms with Crippen molar-refractivity contribution in [2.75, 3.05) is 25.0 Å². The molecule has 0 radical (unpaired) electrons. The zero-order chi connectivity index (χ0) is 17.4. The van der Waals surface area contributed by atoms with Gasteiger partial charge in [0.2, 0.25) is 0 Å². The van der Waals surface area contributed by atoms with Crippen molar-refractivity contribution in [3.8, 4) is 0 Å². The molecule has 1 aromatic carbocycles. The molecule has 1 aliphatic carbocycles. The highest BCUT2D eigenvalue weighted by atomic mass is 35.5. The first-order valence-electron chi connectivity index (χ1n) is 8.82. The van der Waals surface area contributed by atoms with Crippen LogP contribution in [0, 0.1) is 0 Å². The van der Waals surface area contributed by atoms with E-state index in [0.717, 1.165) is 37.7 Å². The molecule has 1 saturated heterocycles. The second kappa shape index (κ2) is 7.10. The maximum Gasteiger partial charge on any atom is 0.133 e. The van der Waals surface area contributed by atoms with Crippen LogP contribution in [0.5, 0.6) is 0 Å². The van der Waals surface area contributed by atoms with E-state index < -0.39 is 0 Å². The predicted molar refractivity (Wildman–Crippen MR) is 103 cm³/mol. The third kappa shape index (κ3) is 3.91. The van der Waals surface area contributed by atoms with Crippen molar-refractivity contribution < 1.29 is 0 Å². The van der Waals surface area contributed by atoms with Gasteiger partial charge in [0.25, 0.3) is 0 Å². The van der Waals surface area contributed by atoms with Gasteiger partial charge < -0.3 is 4.90 Å². The maximum absolute atomic E-state index is 6.13. The van der Waals surface area contributed by atoms with Gasteiger partial charge in [-0.1, -0.05) is 29.3 Å². The number of halogens is 2. The molecule has 0 N–H and O–H groups in total. The van der Waals surface area contributed by atoms with Gasteiger partial charge in [0.1, 0.15) is 11.6 Å². The highest BCUT2D eigenvalue weighted by Crippen LogP contribution is 2.38. The number of rotatable bonds is 5. The average Bonchev–Trinajstić information content (AvgIpc) is 3.37. The first-order chi connectivity index (χ1) is 12.1. The molecule has 2 aromatic rings. The number of hydrogen-bond donors (Lipinski definition) is 0. The number of aromatic nitrogens is 2. The minimum atomic E-state index is 0.477. The van der Waals surface area contributed by atoms with Crippen molar-refractivity contribution in [3.63, 3.8) is 0 Å². The summed E-state index contributed by atoms with van der Waals surface area (Å²) in [5, 5.41) is 1.24. The van der Waals surface area contributed by atoms with E-state index >= 15 is 0 Å². The van der Waals surface area contributed by atoms with Crippen LogP contribution in [0.4, 0.5) is 5.82 Å². The first-order valence-corrected chi connectivity index (χ1v) is 9.58. The number of likely N-dealkylation sites (tertiary alicyclic amines) is 1. The van der Waals surface area contributed by atoms with Crippen LogP contribution in [0.1, 0.15) is 36.6 Å². The minimum absolute atomic E-state index is 0.477. The highest BCUT2D eigenvalue weighted by Gasteiger charge is 2.29. The van der Waals surface area contributed by atoms with Gasteiger partial charge >= 0.3 is 0 Å². The summed E-state index contributed by atoms with van der Waals surface area (Å²) in [6, 6.07) is 8.39. The van der Waals surface area contributed by atoms with E-state index in [1.165, 1.54) is 18.4 Å². The Bertz CT molecular complexity index is 763. The standard InChI is InChI=1S/C19H22Cl2N4/c1-24(18-6-8-22-19(23-18)14-3-4-14)15-7-9-25(12-15)11-13-2-5-16(20)17(21)10-13/h2,5-6,8,10,14-15H,3-4,7,9,11-12H2,1H3. The summed E-state index contributed by atoms with van der Waals surface area (Å²) in [7, 11) is 2.15. The Balaban J connectivity index is 1.39. The van der Waals surface area contributed by atoms with E-state index in [1.807, 2.05) is 24.4 Å². The lowest BCUT2D eigenvalue weighted by Gasteiger charge is -2.26. The molecule has 6 heteroatoms. The van der Waals surface area contributed by atoms with Crippen molar-refractivity contribution in [1.82, 2.24) is 14.9 Å². The van der Waals surface area contributed by atoms with Crippen LogP contribution in [0.15, 0.2) is 30.5 Å². The Morgan fingerprint density at radius 1 is 1.16 bits per heavy atom. The van der Waals surface area contributed by atoms with Crippen LogP contribution in [-0.4, -0.2) is 41.0 Å². The quantitative estimate of drug-likeness (QED) is 0.775. The van der Waals surface area contributed by atoms with Gasteiger partial charge in [-0.2, -0.15) is 0 Å². The molecule has 1 atom stereocenters. The zero-order valence-corrected chi connectivity index (χ0v) is 15.8. The molecule has 0 bridgehead atoms. The summed E-state index contributed by atoms with van der Waals surface area (Å²) in [5.41, 5.74) is 1.20. The van der Waals surface area contributed by atoms with Gasteiger partial charge in [0, 0.05) is 44.8 Å². The summed E-state index contributed by atoms with van der Waals surface area (Å²) >= 11 is 12.1. The van der Waals surface area contributed by atoms with E-state index in [2.05, 4.69) is 27.9 Å². The fourth-order valence-electron chi connectivity index (χ4n) is 3.45. The van der Waals surface area contributed by atoms with Gasteiger partial charge in [-0.15, -0.1) is 0 Å². The van der Waals surface area contributed by atoms with Crippen LogP contribution >= 0.6 is 23.2 Å². The Morgan fingerprint density at radius 3 is 2.76 bits per heavy atom. The molecule has 132 valence electrons. The minimum Gasteiger partial charge on any atom is -0.355 e. The number of likely N-dealkylation sites (N-methyl/N-ethyl adjacent to an activating group) is 1. The van der Waals surface area contributed by atoms with E-state index in [0.29, 0.717) is 22.0 Å². The topological polar surface area (TPSA) is 32.3 Å². The summed E-state index contributed by atoms with van der Waals surface area (Å²) in [6.07, 6.45) is 5.50. The molecule has 2 heterocycles. The predicted octanol–water partition coefficient (Wildman–Crippen LogP) is 4.37. The van der Waals surface area contributed by atoms with Gasteiger partial charge in [0.05, 0.1) is 10.0 Å². The number of hydrogen-bond acceptors (Lipinski definition) is 4. The summed E-state index contributed by atoms with van der Waals surface area (Å²) < 4.78 is 0. The molecular formula is C19H22Cl2N4. The first kappa shape index (κ1) is 17.1. The van der Waals surface area contributed by atoms with Crippen molar-refractivity contribution in [2.45, 2.75) is 37.8 Å². The molecule has 25 heavy (non-hydrogen) atoms. The lowest BCUT2D eigenvalue weighted by molar-refractivity contribution is 0.326. The fraction of sp³-hybridized carbons (Fsp3) is 0.474. The Morgan fingerprint density at radius 2 is 2.00 bits per heavy atom. The molecule has 1 aliphatic heterocycles. The second-order valence-electron chi connectivity index (χ2n) is 7.08. The van der Waals surface area contributed by atoms with Crippen LogP contribution in [0.25, 0.3) is 0 Å². The normalized spacial score (nSPS) is 20.8. The van der Waals surface area contributed by atoms with Crippen molar-refractivity contribution in [2.24, 2.45) is 0 Å². The summed E-state index contributed by atoms with van der Waals surface area (Å²) in [6.45, 7) is 3.01. The van der Waals surface area contributed by atoms with Gasteiger partial charge in [-0.05, 0) is 43.0 Å². The van der Waals surface area contributed by atoms with Crippen molar-refractivity contribution in [3.05, 3.63) is 51.9 Å². The fourth-order valence-corrected chi connectivity index (χ4v) is 3.77. The van der Waals surface area contributed by atoms with E-state index in [-0.39, 0.29) is 0 Å². The molecule has 4 nitrogen and oxygen atoms in total. The molecule has 0 amide bonds. The van der Waals surface area contributed by atoms with Crippen LogP contribution in [0.2, 0.25) is 10.0 Å². The Hall–Kier alpha value is -1.36. The molecule has 2 fully saturated rings. The van der Waals surface area contributed by atoms with E-state index in [4.69, 9.17) is 28.2 Å². The Kier molecular flexibility index (Phi) is 4.85. The molecule has 1 aromatic heterocycles. The van der Waals surface area contributed by atoms with Crippen LogP contribution < -0.4 is 4.90 Å². The zero-order valence-electron chi connectivity index (χ0n) is 14.3. The van der Waals surface area contributed by atoms with Gasteiger partial charge in [0.15, 0.2) is 0 Å². The molecule has 1 unspecified atom stereocenters. The van der Waals surface area contributed by atoms with Crippen molar-refractivity contribution >= 4 is 29.0 Å². The lowest BCUT2D eigenvalue weighted by atomic mass is 10.2. The van der Waals surface area contributed by atoms with Gasteiger partial charge in [-0.25, -0.2) is 9.97 Å². The molecule has 0 spiro atoms. The Labute approximate surface area is 158 Å². The van der Waals surface area contributed by atoms with E-state index in [1.54, 1.807) is 0 Å². The molecule has 1 saturated carbocycles. The summed E-state index contributed by atoms with van der Waals surface area (Å²) in [4.78, 5) is 14.0. The third-order valence-electron chi connectivity index (χ3n) is 5.15. The SMILES string of the molecule is CN(c1ccnc(C2CC2)n1)C1CCN(Cc2ccc(Cl)c(Cl)c2)C1. The smallest absolute Gasteiger partial charge is 0.133 e. The highest BCUT2D eigenvalue weighted by molar-refractivity contribution is 6.42. The summed E-state index contributed by atoms with van der Waals surface area (Å²) in [5.74, 6) is 2.64. The molecular weight excluding hydrogens is 355 g/mol. The van der Waals surface area contributed by atoms with Crippen LogP contribution in [0.3, 0.4) is 0 Å². The van der Waals surface area contributed by atoms with E-state index in [9.17, 15) is 0 Å². The van der Waals surface area contributed by atoms with Crippen molar-refractivity contribution in [1.29, 1.82) is 0 Å². The van der Waals surface area contributed by atoms with Crippen LogP contribution in [-0.2, 0) is 6.54 Å². The lowest BCUT2D eigenvalue weighted by Crippen LogP contribution is -2.35. The monoisotopic (exact) mass is 376 g/mol. The number of nitrogens with zero attached hydrogens (tertiary/aromatic N) is 4. The number of anilines is 1. The number of benzene rings is 1. The maximum atomic E-state index is 6.13. The molecule has 4 rings (SSSR count). The average molecular weight is 377 g/mol. The largest absolute Gasteiger partial charge is 0.355 e. The van der Waals surface area contributed by atoms with Gasteiger partial charge in [-0.3, -0.25) is 4.90 Å². The third-order valence-corrected chi connectivity index (χ3v) is 5.89.